The van der Waals surface area contributed by atoms with Gasteiger partial charge in [0, 0.05) is 18.9 Å². The zero-order chi connectivity index (χ0) is 14.4. The predicted molar refractivity (Wildman–Crippen MR) is 79.4 cm³/mol. The second-order valence-corrected chi connectivity index (χ2v) is 5.00. The number of hydrogen-bond acceptors (Lipinski definition) is 4. The minimum absolute atomic E-state index is 0.102. The highest BCUT2D eigenvalue weighted by molar-refractivity contribution is 5.31. The van der Waals surface area contributed by atoms with Crippen molar-refractivity contribution < 1.29 is 0 Å². The smallest absolute Gasteiger partial charge is 0.0802 e. The van der Waals surface area contributed by atoms with E-state index >= 15 is 0 Å². The summed E-state index contributed by atoms with van der Waals surface area (Å²) >= 11 is 0. The van der Waals surface area contributed by atoms with Gasteiger partial charge in [0.2, 0.25) is 0 Å². The Morgan fingerprint density at radius 2 is 2.10 bits per heavy atom. The monoisotopic (exact) mass is 273 g/mol. The van der Waals surface area contributed by atoms with Crippen molar-refractivity contribution in [1.29, 1.82) is 0 Å². The number of aromatic nitrogens is 4. The van der Waals surface area contributed by atoms with Crippen molar-refractivity contribution >= 4 is 0 Å². The third kappa shape index (κ3) is 3.22. The van der Waals surface area contributed by atoms with E-state index in [1.165, 1.54) is 11.1 Å². The molecule has 5 heteroatoms. The molecule has 0 saturated carbocycles. The normalized spacial score (nSPS) is 12.6. The van der Waals surface area contributed by atoms with E-state index < -0.39 is 0 Å². The second-order valence-electron chi connectivity index (χ2n) is 5.00. The maximum atomic E-state index is 4.27. The first-order chi connectivity index (χ1) is 9.77. The molecule has 1 N–H and O–H groups in total. The molecule has 2 aromatic rings. The van der Waals surface area contributed by atoms with Crippen LogP contribution in [0.4, 0.5) is 0 Å². The number of nitrogens with one attached hydrogen (secondary N) is 1. The Morgan fingerprint density at radius 1 is 1.25 bits per heavy atom. The summed E-state index contributed by atoms with van der Waals surface area (Å²) in [6.45, 7) is 8.28. The molecule has 108 valence electrons. The SMILES string of the molecule is CCCNC(c1cnccc1C)c1cnnn1CCC. The number of pyridine rings is 1. The van der Waals surface area contributed by atoms with Crippen LogP contribution in [-0.4, -0.2) is 26.5 Å². The zero-order valence-corrected chi connectivity index (χ0v) is 12.5. The summed E-state index contributed by atoms with van der Waals surface area (Å²) in [5, 5.41) is 11.9. The highest BCUT2D eigenvalue weighted by Gasteiger charge is 2.20. The maximum absolute atomic E-state index is 4.27. The van der Waals surface area contributed by atoms with Crippen LogP contribution in [0.15, 0.2) is 24.7 Å². The third-order valence-corrected chi connectivity index (χ3v) is 3.37. The molecule has 0 aliphatic heterocycles. The highest BCUT2D eigenvalue weighted by Crippen LogP contribution is 2.23. The van der Waals surface area contributed by atoms with Crippen molar-refractivity contribution in [2.24, 2.45) is 0 Å². The van der Waals surface area contributed by atoms with Gasteiger partial charge in [0.15, 0.2) is 0 Å². The summed E-state index contributed by atoms with van der Waals surface area (Å²) in [5.41, 5.74) is 3.54. The van der Waals surface area contributed by atoms with Crippen LogP contribution in [0.3, 0.4) is 0 Å². The third-order valence-electron chi connectivity index (χ3n) is 3.37. The van der Waals surface area contributed by atoms with E-state index in [4.69, 9.17) is 0 Å². The van der Waals surface area contributed by atoms with E-state index in [-0.39, 0.29) is 6.04 Å². The molecule has 2 heterocycles. The second kappa shape index (κ2) is 7.14. The fourth-order valence-corrected chi connectivity index (χ4v) is 2.32. The van der Waals surface area contributed by atoms with Crippen LogP contribution in [0.5, 0.6) is 0 Å². The minimum Gasteiger partial charge on any atom is -0.305 e. The maximum Gasteiger partial charge on any atom is 0.0802 e. The average molecular weight is 273 g/mol. The number of nitrogens with zero attached hydrogens (tertiary/aromatic N) is 4. The van der Waals surface area contributed by atoms with E-state index in [0.717, 1.165) is 31.6 Å². The Kier molecular flexibility index (Phi) is 5.24. The van der Waals surface area contributed by atoms with Crippen LogP contribution >= 0.6 is 0 Å². The van der Waals surface area contributed by atoms with Crippen molar-refractivity contribution in [2.45, 2.75) is 46.2 Å². The minimum atomic E-state index is 0.102. The van der Waals surface area contributed by atoms with Gasteiger partial charge in [-0.25, -0.2) is 4.68 Å². The van der Waals surface area contributed by atoms with Crippen molar-refractivity contribution in [3.05, 3.63) is 41.5 Å². The van der Waals surface area contributed by atoms with Gasteiger partial charge in [0.25, 0.3) is 0 Å². The van der Waals surface area contributed by atoms with Crippen molar-refractivity contribution in [3.63, 3.8) is 0 Å². The fraction of sp³-hybridized carbons (Fsp3) is 0.533. The molecule has 0 bridgehead atoms. The topological polar surface area (TPSA) is 55.6 Å². The van der Waals surface area contributed by atoms with Gasteiger partial charge in [-0.1, -0.05) is 19.1 Å². The Labute approximate surface area is 120 Å². The molecular weight excluding hydrogens is 250 g/mol. The van der Waals surface area contributed by atoms with Crippen molar-refractivity contribution in [1.82, 2.24) is 25.3 Å². The lowest BCUT2D eigenvalue weighted by Crippen LogP contribution is -2.26. The molecule has 20 heavy (non-hydrogen) atoms. The molecule has 0 aliphatic carbocycles. The fourth-order valence-electron chi connectivity index (χ4n) is 2.32. The highest BCUT2D eigenvalue weighted by atomic mass is 15.4. The Morgan fingerprint density at radius 3 is 2.80 bits per heavy atom. The van der Waals surface area contributed by atoms with Crippen LogP contribution in [0.25, 0.3) is 0 Å². The molecule has 0 saturated heterocycles. The predicted octanol–water partition coefficient (Wildman–Crippen LogP) is 2.48. The lowest BCUT2D eigenvalue weighted by Gasteiger charge is -2.21. The van der Waals surface area contributed by atoms with E-state index in [2.05, 4.69) is 41.4 Å². The zero-order valence-electron chi connectivity index (χ0n) is 12.5. The molecule has 2 aromatic heterocycles. The van der Waals surface area contributed by atoms with Crippen LogP contribution in [0.2, 0.25) is 0 Å². The van der Waals surface area contributed by atoms with Gasteiger partial charge in [0.05, 0.1) is 17.9 Å². The lowest BCUT2D eigenvalue weighted by atomic mass is 10.0. The van der Waals surface area contributed by atoms with E-state index in [0.29, 0.717) is 0 Å². The Bertz CT molecular complexity index is 535. The Balaban J connectivity index is 2.37. The molecule has 0 amide bonds. The first-order valence-corrected chi connectivity index (χ1v) is 7.30. The van der Waals surface area contributed by atoms with Crippen molar-refractivity contribution in [3.8, 4) is 0 Å². The molecule has 0 radical (unpaired) electrons. The average Bonchev–Trinajstić information content (AvgIpc) is 2.90. The summed E-state index contributed by atoms with van der Waals surface area (Å²) in [5.74, 6) is 0. The molecule has 0 aromatic carbocycles. The summed E-state index contributed by atoms with van der Waals surface area (Å²) in [6, 6.07) is 2.15. The summed E-state index contributed by atoms with van der Waals surface area (Å²) in [6.07, 6.45) is 7.76. The lowest BCUT2D eigenvalue weighted by molar-refractivity contribution is 0.502. The molecule has 1 unspecified atom stereocenters. The van der Waals surface area contributed by atoms with Crippen molar-refractivity contribution in [2.75, 3.05) is 6.54 Å². The molecule has 0 fully saturated rings. The molecule has 5 nitrogen and oxygen atoms in total. The van der Waals surface area contributed by atoms with Gasteiger partial charge < -0.3 is 5.32 Å². The molecular formula is C15H23N5. The van der Waals surface area contributed by atoms with Crippen LogP contribution in [0.1, 0.15) is 49.6 Å². The van der Waals surface area contributed by atoms with Crippen LogP contribution in [-0.2, 0) is 6.54 Å². The largest absolute Gasteiger partial charge is 0.305 e. The number of rotatable bonds is 7. The quantitative estimate of drug-likeness (QED) is 0.842. The Hall–Kier alpha value is -1.75. The number of aryl methyl sites for hydroxylation is 2. The van der Waals surface area contributed by atoms with E-state index in [1.807, 2.05) is 29.3 Å². The standard InChI is InChI=1S/C15H23N5/c1-4-7-17-15(13-10-16-8-6-12(13)3)14-11-18-19-20(14)9-5-2/h6,8,10-11,15,17H,4-5,7,9H2,1-3H3. The summed E-state index contributed by atoms with van der Waals surface area (Å²) in [7, 11) is 0. The molecule has 2 rings (SSSR count). The van der Waals surface area contributed by atoms with Gasteiger partial charge in [-0.2, -0.15) is 0 Å². The van der Waals surface area contributed by atoms with Crippen LogP contribution in [0, 0.1) is 6.92 Å². The molecule has 0 spiro atoms. The summed E-state index contributed by atoms with van der Waals surface area (Å²) < 4.78 is 1.99. The van der Waals surface area contributed by atoms with Gasteiger partial charge >= 0.3 is 0 Å². The van der Waals surface area contributed by atoms with Crippen LogP contribution < -0.4 is 5.32 Å². The van der Waals surface area contributed by atoms with E-state index in [1.54, 1.807) is 0 Å². The van der Waals surface area contributed by atoms with Gasteiger partial charge in [0.1, 0.15) is 0 Å². The summed E-state index contributed by atoms with van der Waals surface area (Å²) in [4.78, 5) is 4.27. The number of hydrogen-bond donors (Lipinski definition) is 1. The first-order valence-electron chi connectivity index (χ1n) is 7.30. The molecule has 0 aliphatic rings. The van der Waals surface area contributed by atoms with E-state index in [9.17, 15) is 0 Å². The van der Waals surface area contributed by atoms with Gasteiger partial charge in [-0.05, 0) is 43.5 Å². The first kappa shape index (κ1) is 14.7. The molecule has 1 atom stereocenters. The van der Waals surface area contributed by atoms with Gasteiger partial charge in [-0.3, -0.25) is 4.98 Å². The van der Waals surface area contributed by atoms with Gasteiger partial charge in [-0.15, -0.1) is 5.10 Å².